The lowest BCUT2D eigenvalue weighted by Gasteiger charge is -2.33. The van der Waals surface area contributed by atoms with Crippen LogP contribution in [0.25, 0.3) is 66.8 Å². The normalized spacial score (nSPS) is 12.7. The van der Waals surface area contributed by atoms with Crippen molar-refractivity contribution >= 4 is 29.6 Å². The molecule has 10 rings (SSSR count). The van der Waals surface area contributed by atoms with Gasteiger partial charge >= 0.3 is 7.12 Å². The fourth-order valence-corrected chi connectivity index (χ4v) is 10.2. The van der Waals surface area contributed by atoms with Gasteiger partial charge in [0.2, 0.25) is 0 Å². The number of anilines is 3. The van der Waals surface area contributed by atoms with Crippen LogP contribution in [0, 0.1) is 0 Å². The van der Waals surface area contributed by atoms with Crippen molar-refractivity contribution in [2.45, 2.75) is 105 Å². The highest BCUT2D eigenvalue weighted by Gasteiger charge is 2.29. The van der Waals surface area contributed by atoms with Gasteiger partial charge in [-0.3, -0.25) is 0 Å². The van der Waals surface area contributed by atoms with Crippen LogP contribution in [0.4, 0.5) is 17.1 Å². The maximum atomic E-state index is 10.3. The average molecular weight is 984 g/mol. The predicted octanol–water partition coefficient (Wildman–Crippen LogP) is 18.1. The summed E-state index contributed by atoms with van der Waals surface area (Å²) in [6.07, 6.45) is 0. The van der Waals surface area contributed by atoms with Crippen LogP contribution in [0.15, 0.2) is 194 Å². The highest BCUT2D eigenvalue weighted by Crippen LogP contribution is 2.52. The minimum absolute atomic E-state index is 0.0241. The molecule has 1 heterocycles. The minimum atomic E-state index is -1.65. The second-order valence-corrected chi connectivity index (χ2v) is 24.7. The highest BCUT2D eigenvalue weighted by molar-refractivity contribution is 6.58. The molecule has 1 aliphatic rings. The molecule has 9 aromatic rings. The number of hydrogen-bond donors (Lipinski definition) is 2. The number of benzene rings is 9. The molecule has 5 heteroatoms. The lowest BCUT2D eigenvalue weighted by atomic mass is 9.80. The molecule has 0 unspecified atom stereocenters. The van der Waals surface area contributed by atoms with Gasteiger partial charge in [-0.1, -0.05) is 198 Å². The molecule has 75 heavy (non-hydrogen) atoms. The molecule has 0 fully saturated rings. The number of ether oxygens (including phenoxy) is 1. The molecule has 0 atom stereocenters. The van der Waals surface area contributed by atoms with E-state index in [-0.39, 0.29) is 21.7 Å². The van der Waals surface area contributed by atoms with Crippen molar-refractivity contribution in [3.63, 3.8) is 0 Å². The third kappa shape index (κ3) is 10.8. The first-order valence-corrected chi connectivity index (χ1v) is 26.4. The van der Waals surface area contributed by atoms with Crippen LogP contribution in [0.1, 0.15) is 105 Å². The van der Waals surface area contributed by atoms with E-state index in [1.165, 1.54) is 22.3 Å². The van der Waals surface area contributed by atoms with Gasteiger partial charge in [-0.15, -0.1) is 0 Å². The van der Waals surface area contributed by atoms with E-state index in [9.17, 15) is 10.0 Å². The molecule has 376 valence electrons. The molecule has 0 aliphatic carbocycles. The Hall–Kier alpha value is -7.44. The van der Waals surface area contributed by atoms with Gasteiger partial charge < -0.3 is 19.7 Å². The van der Waals surface area contributed by atoms with Gasteiger partial charge in [0.1, 0.15) is 0 Å². The third-order valence-corrected chi connectivity index (χ3v) is 14.9. The summed E-state index contributed by atoms with van der Waals surface area (Å²) in [6, 6.07) is 70.7. The van der Waals surface area contributed by atoms with Gasteiger partial charge in [0.05, 0.1) is 11.4 Å². The van der Waals surface area contributed by atoms with Gasteiger partial charge in [0.25, 0.3) is 0 Å². The van der Waals surface area contributed by atoms with E-state index in [1.54, 1.807) is 12.1 Å². The smallest absolute Gasteiger partial charge is 0.453 e. The number of fused-ring (bicyclic) bond motifs is 2. The van der Waals surface area contributed by atoms with Crippen LogP contribution in [-0.2, 0) is 21.7 Å². The molecular weight excluding hydrogens is 914 g/mol. The molecule has 2 N–H and O–H groups in total. The number of para-hydroxylation sites is 2. The number of rotatable bonds is 8. The first-order chi connectivity index (χ1) is 35.5. The zero-order valence-electron chi connectivity index (χ0n) is 45.8. The van der Waals surface area contributed by atoms with Gasteiger partial charge in [-0.05, 0) is 195 Å². The molecule has 9 aromatic carbocycles. The molecule has 0 aromatic heterocycles. The first kappa shape index (κ1) is 51.1. The van der Waals surface area contributed by atoms with Crippen LogP contribution < -0.4 is 15.1 Å². The second-order valence-electron chi connectivity index (χ2n) is 24.7. The molecule has 0 saturated heterocycles. The van der Waals surface area contributed by atoms with Crippen molar-refractivity contribution in [3.8, 4) is 78.3 Å². The fraction of sp³-hybridized carbons (Fsp3) is 0.229. The summed E-state index contributed by atoms with van der Waals surface area (Å²) in [5, 5.41) is 20.7. The van der Waals surface area contributed by atoms with E-state index in [0.717, 1.165) is 83.8 Å². The Bertz CT molecular complexity index is 3210. The zero-order chi connectivity index (χ0) is 53.2. The van der Waals surface area contributed by atoms with Crippen molar-refractivity contribution in [2.75, 3.05) is 4.90 Å². The van der Waals surface area contributed by atoms with E-state index in [0.29, 0.717) is 17.0 Å². The summed E-state index contributed by atoms with van der Waals surface area (Å²) in [5.74, 6) is 1.21. The van der Waals surface area contributed by atoms with E-state index in [2.05, 4.69) is 246 Å². The van der Waals surface area contributed by atoms with E-state index < -0.39 is 7.12 Å². The average Bonchev–Trinajstić information content (AvgIpc) is 3.39. The van der Waals surface area contributed by atoms with Gasteiger partial charge in [-0.2, -0.15) is 0 Å². The topological polar surface area (TPSA) is 52.9 Å². The standard InChI is InChI=1S/C70H70BNO3/c1-67(2,3)57-25-17-45(18-26-57)49-35-50(46-19-27-58(28-20-46)68(4,5)6)38-53(37-49)55-41-56(43-62(42-55)72-63-15-13-14-16-65(63)75-66-44-61(71(73)74)33-34-64(66)72)54-39-51(47-21-29-59(30-22-47)69(7,8)9)36-52(40-54)48-23-31-60(32-24-48)70(10,11)12/h13-44,73-74H,1-12H3. The van der Waals surface area contributed by atoms with E-state index in [1.807, 2.05) is 24.3 Å². The largest absolute Gasteiger partial charge is 0.488 e. The Morgan fingerprint density at radius 3 is 0.920 bits per heavy atom. The monoisotopic (exact) mass is 984 g/mol. The van der Waals surface area contributed by atoms with E-state index in [4.69, 9.17) is 4.74 Å². The van der Waals surface area contributed by atoms with Crippen molar-refractivity contribution in [1.82, 2.24) is 0 Å². The summed E-state index contributed by atoms with van der Waals surface area (Å²) in [6.45, 7) is 27.1. The summed E-state index contributed by atoms with van der Waals surface area (Å²) in [4.78, 5) is 2.25. The second kappa shape index (κ2) is 19.4. The van der Waals surface area contributed by atoms with E-state index >= 15 is 0 Å². The Morgan fingerprint density at radius 2 is 0.600 bits per heavy atom. The zero-order valence-corrected chi connectivity index (χ0v) is 45.8. The van der Waals surface area contributed by atoms with Crippen LogP contribution in [-0.4, -0.2) is 17.2 Å². The third-order valence-electron chi connectivity index (χ3n) is 14.9. The molecule has 0 amide bonds. The molecule has 0 saturated carbocycles. The summed E-state index contributed by atoms with van der Waals surface area (Å²) < 4.78 is 6.56. The molecule has 0 radical (unpaired) electrons. The maximum absolute atomic E-state index is 10.3. The van der Waals surface area contributed by atoms with Crippen LogP contribution in [0.2, 0.25) is 0 Å². The fourth-order valence-electron chi connectivity index (χ4n) is 10.2. The molecular formula is C70H70BNO3. The van der Waals surface area contributed by atoms with Crippen LogP contribution in [0.5, 0.6) is 11.5 Å². The Morgan fingerprint density at radius 1 is 0.307 bits per heavy atom. The Labute approximate surface area is 446 Å². The lowest BCUT2D eigenvalue weighted by molar-refractivity contribution is 0.425. The van der Waals surface area contributed by atoms with Gasteiger partial charge in [-0.25, -0.2) is 0 Å². The van der Waals surface area contributed by atoms with Crippen LogP contribution in [0.3, 0.4) is 0 Å². The summed E-state index contributed by atoms with van der Waals surface area (Å²) in [5.41, 5.74) is 21.6. The summed E-state index contributed by atoms with van der Waals surface area (Å²) in [7, 11) is -1.65. The van der Waals surface area contributed by atoms with Gasteiger partial charge in [0, 0.05) is 5.69 Å². The van der Waals surface area contributed by atoms with Crippen LogP contribution >= 0.6 is 0 Å². The van der Waals surface area contributed by atoms with Gasteiger partial charge in [0.15, 0.2) is 11.5 Å². The molecule has 1 aliphatic heterocycles. The highest BCUT2D eigenvalue weighted by atomic mass is 16.5. The van der Waals surface area contributed by atoms with Crippen molar-refractivity contribution in [1.29, 1.82) is 0 Å². The molecule has 0 bridgehead atoms. The quantitative estimate of drug-likeness (QED) is 0.149. The SMILES string of the molecule is CC(C)(C)c1ccc(-c2cc(-c3ccc(C(C)(C)C)cc3)cc(-c3cc(-c4cc(-c5ccc(C(C)(C)C)cc5)cc(-c5ccc(C(C)(C)C)cc5)c4)cc(N4c5ccccc5Oc5cc(B(O)O)ccc54)c3)c2)cc1. The molecule has 4 nitrogen and oxygen atoms in total. The van der Waals surface area contributed by atoms with Crippen molar-refractivity contribution in [2.24, 2.45) is 0 Å². The Balaban J connectivity index is 1.24. The van der Waals surface area contributed by atoms with Crippen molar-refractivity contribution in [3.05, 3.63) is 216 Å². The molecule has 0 spiro atoms. The maximum Gasteiger partial charge on any atom is 0.488 e. The number of hydrogen-bond acceptors (Lipinski definition) is 4. The lowest BCUT2D eigenvalue weighted by Crippen LogP contribution is -2.30. The summed E-state index contributed by atoms with van der Waals surface area (Å²) >= 11 is 0. The minimum Gasteiger partial charge on any atom is -0.453 e. The Kier molecular flexibility index (Phi) is 13.2. The predicted molar refractivity (Wildman–Crippen MR) is 318 cm³/mol. The first-order valence-electron chi connectivity index (χ1n) is 26.4. The number of nitrogens with zero attached hydrogens (tertiary/aromatic N) is 1. The van der Waals surface area contributed by atoms with Crippen molar-refractivity contribution < 1.29 is 14.8 Å².